The Balaban J connectivity index is 1.73. The van der Waals surface area contributed by atoms with Gasteiger partial charge in [0.2, 0.25) is 0 Å². The zero-order valence-electron chi connectivity index (χ0n) is 17.5. The lowest BCUT2D eigenvalue weighted by Gasteiger charge is -2.14. The van der Waals surface area contributed by atoms with Crippen LogP contribution in [0, 0.1) is 6.92 Å². The summed E-state index contributed by atoms with van der Waals surface area (Å²) in [6.45, 7) is 2.23. The number of hydrogen-bond donors (Lipinski definition) is 0. The molecule has 6 nitrogen and oxygen atoms in total. The average molecular weight is 435 g/mol. The summed E-state index contributed by atoms with van der Waals surface area (Å²) in [6, 6.07) is 17.0. The van der Waals surface area contributed by atoms with Crippen LogP contribution in [-0.4, -0.2) is 30.2 Å². The molecule has 1 amide bonds. The summed E-state index contributed by atoms with van der Waals surface area (Å²) in [5.74, 6) is 1.96. The lowest BCUT2D eigenvalue weighted by atomic mass is 10.1. The van der Waals surface area contributed by atoms with Gasteiger partial charge in [0, 0.05) is 11.1 Å². The van der Waals surface area contributed by atoms with E-state index < -0.39 is 0 Å². The number of thioether (sulfide) groups is 1. The molecule has 1 fully saturated rings. The van der Waals surface area contributed by atoms with Crippen molar-refractivity contribution in [3.05, 3.63) is 82.7 Å². The normalized spacial score (nSPS) is 16.4. The number of benzene rings is 2. The van der Waals surface area contributed by atoms with E-state index in [2.05, 4.69) is 0 Å². The van der Waals surface area contributed by atoms with E-state index >= 15 is 0 Å². The Labute approximate surface area is 185 Å². The van der Waals surface area contributed by atoms with Crippen LogP contribution in [0.25, 0.3) is 6.08 Å². The number of hydrogen-bond acceptors (Lipinski definition) is 6. The van der Waals surface area contributed by atoms with Crippen LogP contribution < -0.4 is 9.47 Å². The Morgan fingerprint density at radius 1 is 1.06 bits per heavy atom. The zero-order valence-corrected chi connectivity index (χ0v) is 18.3. The van der Waals surface area contributed by atoms with E-state index in [0.717, 1.165) is 22.6 Å². The van der Waals surface area contributed by atoms with Gasteiger partial charge in [0.1, 0.15) is 17.3 Å². The van der Waals surface area contributed by atoms with Crippen LogP contribution in [0.1, 0.15) is 16.9 Å². The first-order valence-corrected chi connectivity index (χ1v) is 10.5. The molecule has 1 aromatic heterocycles. The topological polar surface area (TPSA) is 64.3 Å². The van der Waals surface area contributed by atoms with Gasteiger partial charge in [-0.2, -0.15) is 0 Å². The summed E-state index contributed by atoms with van der Waals surface area (Å²) in [4.78, 5) is 20.2. The first kappa shape index (κ1) is 20.8. The van der Waals surface area contributed by atoms with Gasteiger partial charge in [-0.15, -0.1) is 0 Å². The van der Waals surface area contributed by atoms with E-state index in [1.54, 1.807) is 31.4 Å². The van der Waals surface area contributed by atoms with E-state index in [0.29, 0.717) is 28.1 Å². The third-order valence-electron chi connectivity index (χ3n) is 4.86. The molecular formula is C24H22N2O4S. The van der Waals surface area contributed by atoms with Crippen LogP contribution in [0.2, 0.25) is 0 Å². The zero-order chi connectivity index (χ0) is 21.8. The molecule has 158 valence electrons. The predicted molar refractivity (Wildman–Crippen MR) is 123 cm³/mol. The first-order valence-electron chi connectivity index (χ1n) is 9.70. The fourth-order valence-corrected chi connectivity index (χ4v) is 4.33. The molecule has 4 rings (SSSR count). The summed E-state index contributed by atoms with van der Waals surface area (Å²) in [5, 5.41) is 0.600. The van der Waals surface area contributed by atoms with Crippen LogP contribution >= 0.6 is 11.8 Å². The molecular weight excluding hydrogens is 412 g/mol. The number of ether oxygens (including phenoxy) is 2. The molecule has 2 heterocycles. The van der Waals surface area contributed by atoms with Crippen LogP contribution in [0.15, 0.2) is 75.2 Å². The summed E-state index contributed by atoms with van der Waals surface area (Å²) >= 11 is 1.33. The summed E-state index contributed by atoms with van der Waals surface area (Å²) < 4.78 is 16.4. The second-order valence-corrected chi connectivity index (χ2v) is 7.84. The van der Waals surface area contributed by atoms with Gasteiger partial charge in [0.25, 0.3) is 5.91 Å². The van der Waals surface area contributed by atoms with Gasteiger partial charge in [0.15, 0.2) is 5.17 Å². The lowest BCUT2D eigenvalue weighted by Crippen LogP contribution is -2.28. The third-order valence-corrected chi connectivity index (χ3v) is 5.87. The number of aliphatic imine (C=N–C) groups is 1. The van der Waals surface area contributed by atoms with Gasteiger partial charge in [-0.05, 0) is 61.2 Å². The molecule has 0 aliphatic carbocycles. The maximum absolute atomic E-state index is 13.3. The van der Waals surface area contributed by atoms with Gasteiger partial charge < -0.3 is 13.9 Å². The molecule has 1 saturated heterocycles. The highest BCUT2D eigenvalue weighted by atomic mass is 32.2. The monoisotopic (exact) mass is 434 g/mol. The van der Waals surface area contributed by atoms with Crippen molar-refractivity contribution in [3.63, 3.8) is 0 Å². The Kier molecular flexibility index (Phi) is 6.13. The van der Waals surface area contributed by atoms with E-state index in [1.807, 2.05) is 61.5 Å². The second kappa shape index (κ2) is 9.14. The number of carbonyl (C=O) groups is 1. The highest BCUT2D eigenvalue weighted by Crippen LogP contribution is 2.38. The first-order chi connectivity index (χ1) is 15.1. The maximum Gasteiger partial charge on any atom is 0.267 e. The van der Waals surface area contributed by atoms with E-state index in [-0.39, 0.29) is 5.91 Å². The molecule has 0 N–H and O–H groups in total. The number of methoxy groups -OCH3 is 2. The second-order valence-electron chi connectivity index (χ2n) is 6.83. The molecule has 0 bridgehead atoms. The van der Waals surface area contributed by atoms with Crippen molar-refractivity contribution in [2.45, 2.75) is 13.5 Å². The Morgan fingerprint density at radius 3 is 2.55 bits per heavy atom. The summed E-state index contributed by atoms with van der Waals surface area (Å²) in [5.41, 5.74) is 2.46. The predicted octanol–water partition coefficient (Wildman–Crippen LogP) is 5.41. The van der Waals surface area contributed by atoms with Crippen molar-refractivity contribution in [2.75, 3.05) is 14.2 Å². The standard InChI is InChI=1S/C24H22N2O4S/c1-16-20(28-2)12-11-17(22(16)29-3)14-21-23(27)26(15-19-10-7-13-30-19)24(31-21)25-18-8-5-4-6-9-18/h4-14H,15H2,1-3H3. The Morgan fingerprint density at radius 2 is 1.87 bits per heavy atom. The highest BCUT2D eigenvalue weighted by Gasteiger charge is 2.34. The fourth-order valence-electron chi connectivity index (χ4n) is 3.34. The smallest absolute Gasteiger partial charge is 0.267 e. The van der Waals surface area contributed by atoms with Crippen molar-refractivity contribution in [1.82, 2.24) is 4.90 Å². The van der Waals surface area contributed by atoms with Crippen molar-refractivity contribution in [1.29, 1.82) is 0 Å². The molecule has 0 spiro atoms. The molecule has 3 aromatic rings. The number of furan rings is 1. The van der Waals surface area contributed by atoms with Crippen LogP contribution in [0.3, 0.4) is 0 Å². The van der Waals surface area contributed by atoms with Crippen LogP contribution in [0.5, 0.6) is 11.5 Å². The minimum atomic E-state index is -0.133. The molecule has 0 atom stereocenters. The van der Waals surface area contributed by atoms with Gasteiger partial charge in [-0.1, -0.05) is 18.2 Å². The number of nitrogens with zero attached hydrogens (tertiary/aromatic N) is 2. The van der Waals surface area contributed by atoms with Gasteiger partial charge in [0.05, 0.1) is 37.6 Å². The van der Waals surface area contributed by atoms with E-state index in [4.69, 9.17) is 18.9 Å². The molecule has 0 radical (unpaired) electrons. The quantitative estimate of drug-likeness (QED) is 0.486. The molecule has 7 heteroatoms. The van der Waals surface area contributed by atoms with Crippen LogP contribution in [-0.2, 0) is 11.3 Å². The van der Waals surface area contributed by atoms with Crippen LogP contribution in [0.4, 0.5) is 5.69 Å². The van der Waals surface area contributed by atoms with E-state index in [9.17, 15) is 4.79 Å². The molecule has 2 aromatic carbocycles. The van der Waals surface area contributed by atoms with Gasteiger partial charge in [-0.25, -0.2) is 4.99 Å². The lowest BCUT2D eigenvalue weighted by molar-refractivity contribution is -0.122. The average Bonchev–Trinajstić information content (AvgIpc) is 3.39. The van der Waals surface area contributed by atoms with Crippen molar-refractivity contribution in [3.8, 4) is 11.5 Å². The molecule has 0 saturated carbocycles. The van der Waals surface area contributed by atoms with Crippen molar-refractivity contribution < 1.29 is 18.7 Å². The van der Waals surface area contributed by atoms with E-state index in [1.165, 1.54) is 11.8 Å². The molecule has 31 heavy (non-hydrogen) atoms. The van der Waals surface area contributed by atoms with Gasteiger partial charge >= 0.3 is 0 Å². The minimum Gasteiger partial charge on any atom is -0.496 e. The molecule has 0 unspecified atom stereocenters. The number of carbonyl (C=O) groups excluding carboxylic acids is 1. The summed E-state index contributed by atoms with van der Waals surface area (Å²) in [7, 11) is 3.23. The van der Waals surface area contributed by atoms with Gasteiger partial charge in [-0.3, -0.25) is 9.69 Å². The SMILES string of the molecule is COc1ccc(C=C2SC(=Nc3ccccc3)N(Cc3ccco3)C2=O)c(OC)c1C. The summed E-state index contributed by atoms with van der Waals surface area (Å²) in [6.07, 6.45) is 3.43. The Hall–Kier alpha value is -3.45. The van der Waals surface area contributed by atoms with Crippen molar-refractivity contribution in [2.24, 2.45) is 4.99 Å². The largest absolute Gasteiger partial charge is 0.496 e. The number of para-hydroxylation sites is 1. The Bertz CT molecular complexity index is 1140. The molecule has 1 aliphatic heterocycles. The number of amides is 1. The molecule has 1 aliphatic rings. The number of rotatable bonds is 6. The fraction of sp³-hybridized carbons (Fsp3) is 0.167. The maximum atomic E-state index is 13.3. The number of amidine groups is 1. The minimum absolute atomic E-state index is 0.133. The third kappa shape index (κ3) is 4.36. The van der Waals surface area contributed by atoms with Crippen molar-refractivity contribution >= 4 is 34.6 Å². The highest BCUT2D eigenvalue weighted by molar-refractivity contribution is 8.18.